The van der Waals surface area contributed by atoms with Crippen molar-refractivity contribution >= 4 is 0 Å². The van der Waals surface area contributed by atoms with E-state index in [1.165, 1.54) is 31.3 Å². The summed E-state index contributed by atoms with van der Waals surface area (Å²) >= 11 is 0. The van der Waals surface area contributed by atoms with Gasteiger partial charge < -0.3 is 10.8 Å². The number of hydrogen-bond acceptors (Lipinski definition) is 2. The molecule has 2 heteroatoms. The van der Waals surface area contributed by atoms with Crippen molar-refractivity contribution in [2.75, 3.05) is 0 Å². The van der Waals surface area contributed by atoms with Crippen molar-refractivity contribution in [1.82, 2.24) is 0 Å². The average molecular weight is 285 g/mol. The predicted octanol–water partition coefficient (Wildman–Crippen LogP) is 3.54. The molecule has 0 aromatic rings. The standard InChI is InChI=1S/C19H27NO/c1-18-9-7-13(21)11-12(18)3-4-14-15-5-6-17(20)19(15,2)10-8-16(14)18/h6-7,9,11,13-16,21H,3-5,8,10,20H2,1-2H3/t13?,14-,15-,16+,18-,19-/m0/s1. The first-order valence-corrected chi connectivity index (χ1v) is 8.50. The summed E-state index contributed by atoms with van der Waals surface area (Å²) < 4.78 is 0. The van der Waals surface area contributed by atoms with Gasteiger partial charge in [0.05, 0.1) is 6.10 Å². The van der Waals surface area contributed by atoms with E-state index in [1.54, 1.807) is 0 Å². The third-order valence-corrected chi connectivity index (χ3v) is 7.30. The molecule has 1 unspecified atom stereocenters. The first-order chi connectivity index (χ1) is 9.95. The highest BCUT2D eigenvalue weighted by Crippen LogP contribution is 2.63. The molecule has 4 aliphatic rings. The van der Waals surface area contributed by atoms with Crippen LogP contribution in [0.1, 0.15) is 46.0 Å². The van der Waals surface area contributed by atoms with Gasteiger partial charge in [-0.25, -0.2) is 0 Å². The highest BCUT2D eigenvalue weighted by Gasteiger charge is 2.55. The van der Waals surface area contributed by atoms with E-state index in [4.69, 9.17) is 5.73 Å². The van der Waals surface area contributed by atoms with Gasteiger partial charge in [0.15, 0.2) is 0 Å². The van der Waals surface area contributed by atoms with Gasteiger partial charge in [0, 0.05) is 16.5 Å². The zero-order chi connectivity index (χ0) is 14.8. The topological polar surface area (TPSA) is 46.2 Å². The number of hydrogen-bond donors (Lipinski definition) is 2. The third-order valence-electron chi connectivity index (χ3n) is 7.30. The summed E-state index contributed by atoms with van der Waals surface area (Å²) in [5.74, 6) is 2.23. The van der Waals surface area contributed by atoms with Gasteiger partial charge in [0.25, 0.3) is 0 Å². The van der Waals surface area contributed by atoms with E-state index in [9.17, 15) is 5.11 Å². The molecule has 0 aromatic carbocycles. The second kappa shape index (κ2) is 4.25. The predicted molar refractivity (Wildman–Crippen MR) is 85.3 cm³/mol. The zero-order valence-corrected chi connectivity index (χ0v) is 13.2. The Morgan fingerprint density at radius 2 is 2.05 bits per heavy atom. The first-order valence-electron chi connectivity index (χ1n) is 8.50. The van der Waals surface area contributed by atoms with Gasteiger partial charge in [0.1, 0.15) is 0 Å². The molecule has 2 nitrogen and oxygen atoms in total. The molecule has 0 aromatic heterocycles. The summed E-state index contributed by atoms with van der Waals surface area (Å²) in [4.78, 5) is 0. The van der Waals surface area contributed by atoms with Gasteiger partial charge in [0.2, 0.25) is 0 Å². The Morgan fingerprint density at radius 3 is 2.86 bits per heavy atom. The van der Waals surface area contributed by atoms with Crippen LogP contribution in [0.25, 0.3) is 0 Å². The molecule has 4 rings (SSSR count). The van der Waals surface area contributed by atoms with E-state index in [2.05, 4.69) is 32.1 Å². The van der Waals surface area contributed by atoms with E-state index < -0.39 is 0 Å². The Morgan fingerprint density at radius 1 is 1.24 bits per heavy atom. The molecule has 2 fully saturated rings. The van der Waals surface area contributed by atoms with Crippen LogP contribution in [0, 0.1) is 28.6 Å². The second-order valence-electron chi connectivity index (χ2n) is 8.09. The summed E-state index contributed by atoms with van der Waals surface area (Å²) in [5, 5.41) is 9.90. The Labute approximate surface area is 127 Å². The molecular formula is C19H27NO. The van der Waals surface area contributed by atoms with Crippen molar-refractivity contribution in [3.05, 3.63) is 35.6 Å². The fraction of sp³-hybridized carbons (Fsp3) is 0.684. The lowest BCUT2D eigenvalue weighted by molar-refractivity contribution is -0.00759. The SMILES string of the molecule is C[C@]12C=CC(O)C=C1CC[C@@H]1[C@H]2CC[C@]2(C)C(N)=CC[C@@H]12. The van der Waals surface area contributed by atoms with Crippen LogP contribution in [0.3, 0.4) is 0 Å². The monoisotopic (exact) mass is 285 g/mol. The Hall–Kier alpha value is -1.02. The number of aliphatic hydroxyl groups excluding tert-OH is 1. The van der Waals surface area contributed by atoms with Crippen LogP contribution in [-0.4, -0.2) is 11.2 Å². The summed E-state index contributed by atoms with van der Waals surface area (Å²) in [5.41, 5.74) is 9.36. The highest BCUT2D eigenvalue weighted by molar-refractivity contribution is 5.34. The second-order valence-corrected chi connectivity index (χ2v) is 8.09. The number of nitrogens with two attached hydrogens (primary N) is 1. The van der Waals surface area contributed by atoms with Crippen molar-refractivity contribution in [3.8, 4) is 0 Å². The lowest BCUT2D eigenvalue weighted by Gasteiger charge is -2.56. The van der Waals surface area contributed by atoms with Crippen LogP contribution in [-0.2, 0) is 0 Å². The van der Waals surface area contributed by atoms with Crippen molar-refractivity contribution < 1.29 is 5.11 Å². The lowest BCUT2D eigenvalue weighted by Crippen LogP contribution is -2.49. The van der Waals surface area contributed by atoms with Crippen molar-refractivity contribution in [3.63, 3.8) is 0 Å². The van der Waals surface area contributed by atoms with E-state index >= 15 is 0 Å². The molecule has 0 bridgehead atoms. The van der Waals surface area contributed by atoms with Crippen LogP contribution in [0.5, 0.6) is 0 Å². The third kappa shape index (κ3) is 1.69. The van der Waals surface area contributed by atoms with Gasteiger partial charge >= 0.3 is 0 Å². The van der Waals surface area contributed by atoms with Gasteiger partial charge in [-0.1, -0.05) is 43.7 Å². The van der Waals surface area contributed by atoms with Crippen LogP contribution >= 0.6 is 0 Å². The fourth-order valence-corrected chi connectivity index (χ4v) is 5.92. The minimum atomic E-state index is -0.373. The van der Waals surface area contributed by atoms with Gasteiger partial charge in [-0.15, -0.1) is 0 Å². The quantitative estimate of drug-likeness (QED) is 0.669. The smallest absolute Gasteiger partial charge is 0.0905 e. The van der Waals surface area contributed by atoms with Gasteiger partial charge in [-0.3, -0.25) is 0 Å². The molecular weight excluding hydrogens is 258 g/mol. The average Bonchev–Trinajstić information content (AvgIpc) is 2.76. The van der Waals surface area contributed by atoms with Gasteiger partial charge in [-0.05, 0) is 49.9 Å². The van der Waals surface area contributed by atoms with Crippen LogP contribution in [0.2, 0.25) is 0 Å². The van der Waals surface area contributed by atoms with Gasteiger partial charge in [-0.2, -0.15) is 0 Å². The molecule has 0 amide bonds. The molecule has 114 valence electrons. The lowest BCUT2D eigenvalue weighted by atomic mass is 9.48. The Kier molecular flexibility index (Phi) is 2.76. The molecule has 21 heavy (non-hydrogen) atoms. The highest BCUT2D eigenvalue weighted by atomic mass is 16.3. The largest absolute Gasteiger partial charge is 0.402 e. The van der Waals surface area contributed by atoms with Crippen LogP contribution in [0.15, 0.2) is 35.6 Å². The summed E-state index contributed by atoms with van der Waals surface area (Å²) in [6.07, 6.45) is 14.4. The number of aliphatic hydroxyl groups is 1. The minimum Gasteiger partial charge on any atom is -0.402 e. The maximum Gasteiger partial charge on any atom is 0.0905 e. The molecule has 2 saturated carbocycles. The van der Waals surface area contributed by atoms with Crippen molar-refractivity contribution in [2.24, 2.45) is 34.3 Å². The van der Waals surface area contributed by atoms with Crippen molar-refractivity contribution in [1.29, 1.82) is 0 Å². The van der Waals surface area contributed by atoms with E-state index in [-0.39, 0.29) is 16.9 Å². The molecule has 0 heterocycles. The number of allylic oxidation sites excluding steroid dienone is 4. The maximum absolute atomic E-state index is 9.90. The molecule has 0 aliphatic heterocycles. The molecule has 3 N–H and O–H groups in total. The molecule has 4 aliphatic carbocycles. The Balaban J connectivity index is 1.70. The normalized spacial score (nSPS) is 51.6. The minimum absolute atomic E-state index is 0.167. The molecule has 0 saturated heterocycles. The molecule has 6 atom stereocenters. The number of rotatable bonds is 0. The van der Waals surface area contributed by atoms with E-state index in [1.807, 2.05) is 6.08 Å². The van der Waals surface area contributed by atoms with Crippen LogP contribution < -0.4 is 5.73 Å². The fourth-order valence-electron chi connectivity index (χ4n) is 5.92. The number of fused-ring (bicyclic) bond motifs is 5. The Bertz CT molecular complexity index is 560. The maximum atomic E-state index is 9.90. The molecule has 0 spiro atoms. The summed E-state index contributed by atoms with van der Waals surface area (Å²) in [7, 11) is 0. The van der Waals surface area contributed by atoms with E-state index in [0.29, 0.717) is 0 Å². The first kappa shape index (κ1) is 13.6. The zero-order valence-electron chi connectivity index (χ0n) is 13.2. The summed E-state index contributed by atoms with van der Waals surface area (Å²) in [6.45, 7) is 4.79. The van der Waals surface area contributed by atoms with E-state index in [0.717, 1.165) is 29.9 Å². The van der Waals surface area contributed by atoms with Crippen molar-refractivity contribution in [2.45, 2.75) is 52.1 Å². The molecule has 0 radical (unpaired) electrons. The van der Waals surface area contributed by atoms with Crippen LogP contribution in [0.4, 0.5) is 0 Å². The summed E-state index contributed by atoms with van der Waals surface area (Å²) in [6, 6.07) is 0.